The van der Waals surface area contributed by atoms with E-state index in [0.717, 1.165) is 29.1 Å². The predicted molar refractivity (Wildman–Crippen MR) is 89.3 cm³/mol. The Morgan fingerprint density at radius 2 is 1.67 bits per heavy atom. The van der Waals surface area contributed by atoms with Crippen LogP contribution in [0.5, 0.6) is 0 Å². The quantitative estimate of drug-likeness (QED) is 0.924. The monoisotopic (exact) mass is 288 g/mol. The van der Waals surface area contributed by atoms with Gasteiger partial charge in [0.2, 0.25) is 0 Å². The maximum absolute atomic E-state index is 4.68. The van der Waals surface area contributed by atoms with Crippen molar-refractivity contribution in [2.45, 2.75) is 67.3 Å². The second-order valence-electron chi connectivity index (χ2n) is 7.98. The molecule has 2 rings (SSSR count). The molecule has 0 spiro atoms. The van der Waals surface area contributed by atoms with Crippen LogP contribution in [0.4, 0.5) is 0 Å². The SMILES string of the molecule is Cc1cc(C)c2nc(C)n(NC(C)(C)CC(C)(C)C)c2n1. The molecule has 0 saturated carbocycles. The van der Waals surface area contributed by atoms with Crippen molar-refractivity contribution >= 4 is 11.2 Å². The molecule has 0 atom stereocenters. The predicted octanol–water partition coefficient (Wildman–Crippen LogP) is 4.11. The molecule has 4 nitrogen and oxygen atoms in total. The summed E-state index contributed by atoms with van der Waals surface area (Å²) in [5, 5.41) is 0. The van der Waals surface area contributed by atoms with Crippen LogP contribution in [-0.2, 0) is 0 Å². The van der Waals surface area contributed by atoms with Crippen molar-refractivity contribution in [3.8, 4) is 0 Å². The van der Waals surface area contributed by atoms with Crippen LogP contribution in [0.15, 0.2) is 6.07 Å². The van der Waals surface area contributed by atoms with Crippen molar-refractivity contribution in [1.82, 2.24) is 14.6 Å². The zero-order valence-corrected chi connectivity index (χ0v) is 14.6. The van der Waals surface area contributed by atoms with Crippen LogP contribution in [0.25, 0.3) is 11.2 Å². The Morgan fingerprint density at radius 1 is 1.05 bits per heavy atom. The molecule has 0 aromatic carbocycles. The third kappa shape index (κ3) is 3.55. The van der Waals surface area contributed by atoms with Crippen LogP contribution in [0.3, 0.4) is 0 Å². The lowest BCUT2D eigenvalue weighted by atomic mass is 9.82. The molecule has 0 saturated heterocycles. The van der Waals surface area contributed by atoms with Crippen molar-refractivity contribution < 1.29 is 0 Å². The number of hydrogen-bond donors (Lipinski definition) is 1. The number of aromatic nitrogens is 3. The molecular weight excluding hydrogens is 260 g/mol. The first kappa shape index (κ1) is 15.8. The Bertz CT molecular complexity index is 659. The van der Waals surface area contributed by atoms with Gasteiger partial charge in [0, 0.05) is 11.2 Å². The van der Waals surface area contributed by atoms with Gasteiger partial charge in [0.25, 0.3) is 0 Å². The van der Waals surface area contributed by atoms with E-state index in [0.29, 0.717) is 0 Å². The van der Waals surface area contributed by atoms with E-state index in [2.05, 4.69) is 63.0 Å². The van der Waals surface area contributed by atoms with E-state index in [-0.39, 0.29) is 11.0 Å². The molecule has 2 aromatic heterocycles. The summed E-state index contributed by atoms with van der Waals surface area (Å²) in [5.74, 6) is 0.952. The van der Waals surface area contributed by atoms with E-state index >= 15 is 0 Å². The first-order valence-corrected chi connectivity index (χ1v) is 7.60. The minimum absolute atomic E-state index is 0.0318. The van der Waals surface area contributed by atoms with E-state index < -0.39 is 0 Å². The molecular formula is C17H28N4. The summed E-state index contributed by atoms with van der Waals surface area (Å²) < 4.78 is 2.04. The van der Waals surface area contributed by atoms with Gasteiger partial charge in [-0.3, -0.25) is 0 Å². The van der Waals surface area contributed by atoms with Gasteiger partial charge in [0.05, 0.1) is 0 Å². The second kappa shape index (κ2) is 5.00. The molecule has 0 radical (unpaired) electrons. The van der Waals surface area contributed by atoms with E-state index in [1.807, 2.05) is 18.5 Å². The average molecular weight is 288 g/mol. The van der Waals surface area contributed by atoms with E-state index in [1.165, 1.54) is 5.56 Å². The zero-order chi connectivity index (χ0) is 16.0. The molecule has 0 bridgehead atoms. The fraction of sp³-hybridized carbons (Fsp3) is 0.647. The first-order chi connectivity index (χ1) is 9.48. The largest absolute Gasteiger partial charge is 0.317 e. The summed E-state index contributed by atoms with van der Waals surface area (Å²) in [6.45, 7) is 17.4. The molecule has 0 amide bonds. The minimum atomic E-state index is -0.0318. The smallest absolute Gasteiger partial charge is 0.179 e. The minimum Gasteiger partial charge on any atom is -0.317 e. The highest BCUT2D eigenvalue weighted by molar-refractivity contribution is 5.76. The number of imidazole rings is 1. The molecule has 21 heavy (non-hydrogen) atoms. The molecule has 2 heterocycles. The van der Waals surface area contributed by atoms with Gasteiger partial charge in [-0.05, 0) is 58.1 Å². The average Bonchev–Trinajstić information content (AvgIpc) is 2.53. The van der Waals surface area contributed by atoms with Crippen molar-refractivity contribution in [1.29, 1.82) is 0 Å². The summed E-state index contributed by atoms with van der Waals surface area (Å²) >= 11 is 0. The third-order valence-corrected chi connectivity index (χ3v) is 3.49. The van der Waals surface area contributed by atoms with Crippen molar-refractivity contribution in [2.24, 2.45) is 5.41 Å². The van der Waals surface area contributed by atoms with Gasteiger partial charge < -0.3 is 5.43 Å². The number of rotatable bonds is 3. The van der Waals surface area contributed by atoms with Gasteiger partial charge >= 0.3 is 0 Å². The van der Waals surface area contributed by atoms with Crippen LogP contribution in [0, 0.1) is 26.2 Å². The van der Waals surface area contributed by atoms with E-state index in [4.69, 9.17) is 0 Å². The number of fused-ring (bicyclic) bond motifs is 1. The van der Waals surface area contributed by atoms with Crippen LogP contribution in [0.1, 0.15) is 58.1 Å². The van der Waals surface area contributed by atoms with Gasteiger partial charge in [-0.1, -0.05) is 20.8 Å². The fourth-order valence-corrected chi connectivity index (χ4v) is 3.27. The maximum Gasteiger partial charge on any atom is 0.179 e. The molecule has 0 aliphatic heterocycles. The Labute approximate surface area is 128 Å². The Kier molecular flexibility index (Phi) is 3.77. The maximum atomic E-state index is 4.68. The lowest BCUT2D eigenvalue weighted by molar-refractivity contribution is 0.289. The second-order valence-corrected chi connectivity index (χ2v) is 7.98. The molecule has 116 valence electrons. The van der Waals surface area contributed by atoms with Crippen LogP contribution in [0.2, 0.25) is 0 Å². The lowest BCUT2D eigenvalue weighted by Gasteiger charge is -2.34. The van der Waals surface area contributed by atoms with Gasteiger partial charge in [0.1, 0.15) is 11.3 Å². The molecule has 1 N–H and O–H groups in total. The summed E-state index contributed by atoms with van der Waals surface area (Å²) in [7, 11) is 0. The highest BCUT2D eigenvalue weighted by Crippen LogP contribution is 2.28. The highest BCUT2D eigenvalue weighted by Gasteiger charge is 2.27. The molecule has 0 aliphatic carbocycles. The van der Waals surface area contributed by atoms with Crippen LogP contribution < -0.4 is 5.43 Å². The van der Waals surface area contributed by atoms with Crippen molar-refractivity contribution in [2.75, 3.05) is 5.43 Å². The molecule has 0 fully saturated rings. The van der Waals surface area contributed by atoms with E-state index in [9.17, 15) is 0 Å². The summed E-state index contributed by atoms with van der Waals surface area (Å²) in [4.78, 5) is 9.35. The van der Waals surface area contributed by atoms with Gasteiger partial charge in [-0.2, -0.15) is 0 Å². The number of nitrogens with one attached hydrogen (secondary N) is 1. The number of aryl methyl sites for hydroxylation is 3. The Hall–Kier alpha value is -1.58. The lowest BCUT2D eigenvalue weighted by Crippen LogP contribution is -2.41. The topological polar surface area (TPSA) is 42.7 Å². The normalized spacial score (nSPS) is 13.0. The molecule has 0 unspecified atom stereocenters. The number of pyridine rings is 1. The highest BCUT2D eigenvalue weighted by atomic mass is 15.5. The Morgan fingerprint density at radius 3 is 2.24 bits per heavy atom. The van der Waals surface area contributed by atoms with Gasteiger partial charge in [-0.25, -0.2) is 14.6 Å². The summed E-state index contributed by atoms with van der Waals surface area (Å²) in [6.07, 6.45) is 1.06. The van der Waals surface area contributed by atoms with Gasteiger partial charge in [-0.15, -0.1) is 0 Å². The van der Waals surface area contributed by atoms with Crippen LogP contribution in [-0.4, -0.2) is 20.2 Å². The van der Waals surface area contributed by atoms with Crippen molar-refractivity contribution in [3.63, 3.8) is 0 Å². The summed E-state index contributed by atoms with van der Waals surface area (Å²) in [5.41, 5.74) is 7.95. The first-order valence-electron chi connectivity index (χ1n) is 7.60. The Balaban J connectivity index is 2.45. The fourth-order valence-electron chi connectivity index (χ4n) is 3.27. The van der Waals surface area contributed by atoms with Crippen molar-refractivity contribution in [3.05, 3.63) is 23.1 Å². The molecule has 2 aromatic rings. The van der Waals surface area contributed by atoms with Crippen LogP contribution >= 0.6 is 0 Å². The number of nitrogens with zero attached hydrogens (tertiary/aromatic N) is 3. The van der Waals surface area contributed by atoms with Gasteiger partial charge in [0.15, 0.2) is 5.65 Å². The van der Waals surface area contributed by atoms with E-state index in [1.54, 1.807) is 0 Å². The molecule has 4 heteroatoms. The standard InChI is InChI=1S/C17H28N4/c1-11-9-12(2)18-15-14(11)19-13(3)21(15)20-17(7,8)10-16(4,5)6/h9,20H,10H2,1-8H3. The number of hydrogen-bond acceptors (Lipinski definition) is 3. The molecule has 0 aliphatic rings. The zero-order valence-electron chi connectivity index (χ0n) is 14.6. The third-order valence-electron chi connectivity index (χ3n) is 3.49. The summed E-state index contributed by atoms with van der Waals surface area (Å²) in [6, 6.07) is 2.08.